The molecule has 2 aromatic rings. The largest absolute Gasteiger partial charge is 0.298 e. The average Bonchev–Trinajstić information content (AvgIpc) is 3.03. The van der Waals surface area contributed by atoms with Gasteiger partial charge in [0.15, 0.2) is 5.13 Å². The maximum atomic E-state index is 12.0. The summed E-state index contributed by atoms with van der Waals surface area (Å²) in [6.45, 7) is 0. The van der Waals surface area contributed by atoms with Crippen molar-refractivity contribution in [1.29, 1.82) is 0 Å². The van der Waals surface area contributed by atoms with E-state index in [2.05, 4.69) is 22.5 Å². The molecule has 0 radical (unpaired) electrons. The minimum atomic E-state index is -0.108. The molecule has 0 fully saturated rings. The highest BCUT2D eigenvalue weighted by atomic mass is 32.1. The van der Waals surface area contributed by atoms with Gasteiger partial charge in [-0.1, -0.05) is 48.6 Å². The van der Waals surface area contributed by atoms with Crippen LogP contribution >= 0.6 is 11.3 Å². The van der Waals surface area contributed by atoms with Gasteiger partial charge in [-0.15, -0.1) is 11.3 Å². The second-order valence-electron chi connectivity index (χ2n) is 5.30. The normalized spacial score (nSPS) is 17.7. The molecule has 3 nitrogen and oxygen atoms in total. The topological polar surface area (TPSA) is 42.0 Å². The fourth-order valence-corrected chi connectivity index (χ4v) is 3.16. The first-order chi connectivity index (χ1) is 10.8. The Morgan fingerprint density at radius 3 is 2.91 bits per heavy atom. The molecule has 1 heterocycles. The van der Waals surface area contributed by atoms with Crippen LogP contribution in [0.1, 0.15) is 19.3 Å². The first kappa shape index (κ1) is 14.7. The number of carbonyl (C=O) groups excluding carboxylic acids is 1. The molecule has 1 aromatic carbocycles. The third-order valence-electron chi connectivity index (χ3n) is 3.63. The first-order valence-corrected chi connectivity index (χ1v) is 8.34. The molecule has 0 bridgehead atoms. The fourth-order valence-electron chi connectivity index (χ4n) is 2.44. The Bertz CT molecular complexity index is 688. The molecule has 1 amide bonds. The molecule has 3 rings (SSSR count). The number of rotatable bonds is 4. The lowest BCUT2D eigenvalue weighted by molar-refractivity contribution is -0.111. The van der Waals surface area contributed by atoms with Gasteiger partial charge in [0.2, 0.25) is 5.91 Å². The van der Waals surface area contributed by atoms with Crippen molar-refractivity contribution in [3.63, 3.8) is 0 Å². The minimum Gasteiger partial charge on any atom is -0.298 e. The summed E-state index contributed by atoms with van der Waals surface area (Å²) >= 11 is 1.45. The Morgan fingerprint density at radius 2 is 2.14 bits per heavy atom. The number of hydrogen-bond acceptors (Lipinski definition) is 3. The van der Waals surface area contributed by atoms with Crippen molar-refractivity contribution < 1.29 is 4.79 Å². The molecule has 112 valence electrons. The zero-order valence-corrected chi connectivity index (χ0v) is 13.1. The molecule has 0 saturated heterocycles. The molecule has 1 N–H and O–H groups in total. The number of aromatic nitrogens is 1. The molecule has 22 heavy (non-hydrogen) atoms. The van der Waals surface area contributed by atoms with Crippen molar-refractivity contribution in [3.05, 3.63) is 60.0 Å². The van der Waals surface area contributed by atoms with E-state index in [4.69, 9.17) is 0 Å². The van der Waals surface area contributed by atoms with Crippen molar-refractivity contribution in [1.82, 2.24) is 4.98 Å². The number of nitrogens with one attached hydrogen (secondary N) is 1. The second-order valence-corrected chi connectivity index (χ2v) is 6.15. The third kappa shape index (κ3) is 3.92. The number of allylic oxidation sites excluding steroid dienone is 3. The van der Waals surface area contributed by atoms with Crippen LogP contribution in [0.4, 0.5) is 5.13 Å². The van der Waals surface area contributed by atoms with Gasteiger partial charge in [-0.25, -0.2) is 4.98 Å². The summed E-state index contributed by atoms with van der Waals surface area (Å²) in [5.41, 5.74) is 1.95. The Labute approximate surface area is 134 Å². The second kappa shape index (κ2) is 7.18. The lowest BCUT2D eigenvalue weighted by atomic mass is 9.94. The van der Waals surface area contributed by atoms with Gasteiger partial charge in [0.25, 0.3) is 0 Å². The SMILES string of the molecule is O=C(/C=C/C1CC=CCC1)Nc1nc(-c2ccccc2)cs1. The van der Waals surface area contributed by atoms with E-state index in [-0.39, 0.29) is 5.91 Å². The van der Waals surface area contributed by atoms with Crippen LogP contribution in [0.2, 0.25) is 0 Å². The van der Waals surface area contributed by atoms with Crippen LogP contribution in [-0.4, -0.2) is 10.9 Å². The molecule has 1 atom stereocenters. The van der Waals surface area contributed by atoms with E-state index in [9.17, 15) is 4.79 Å². The monoisotopic (exact) mass is 310 g/mol. The Hall–Kier alpha value is -2.20. The van der Waals surface area contributed by atoms with Gasteiger partial charge >= 0.3 is 0 Å². The quantitative estimate of drug-likeness (QED) is 0.659. The predicted molar refractivity (Wildman–Crippen MR) is 91.8 cm³/mol. The zero-order valence-electron chi connectivity index (χ0n) is 12.2. The van der Waals surface area contributed by atoms with Gasteiger partial charge < -0.3 is 0 Å². The summed E-state index contributed by atoms with van der Waals surface area (Å²) < 4.78 is 0. The zero-order chi connectivity index (χ0) is 15.2. The van der Waals surface area contributed by atoms with Crippen LogP contribution in [0.15, 0.2) is 60.0 Å². The standard InChI is InChI=1S/C18H18N2OS/c21-17(12-11-14-7-3-1-4-8-14)20-18-19-16(13-22-18)15-9-5-2-6-10-15/h1-3,5-6,9-14H,4,7-8H2,(H,19,20,21)/b12-11+. The summed E-state index contributed by atoms with van der Waals surface area (Å²) in [5.74, 6) is 0.371. The maximum absolute atomic E-state index is 12.0. The molecule has 0 saturated carbocycles. The number of thiazole rings is 1. The third-order valence-corrected chi connectivity index (χ3v) is 4.39. The average molecular weight is 310 g/mol. The van der Waals surface area contributed by atoms with Crippen molar-refractivity contribution >= 4 is 22.4 Å². The number of benzene rings is 1. The van der Waals surface area contributed by atoms with Crippen LogP contribution in [0.25, 0.3) is 11.3 Å². The number of hydrogen-bond donors (Lipinski definition) is 1. The van der Waals surface area contributed by atoms with Crippen LogP contribution in [0.3, 0.4) is 0 Å². The summed E-state index contributed by atoms with van der Waals surface area (Å²) in [7, 11) is 0. The summed E-state index contributed by atoms with van der Waals surface area (Å²) in [6.07, 6.45) is 11.3. The summed E-state index contributed by atoms with van der Waals surface area (Å²) in [4.78, 5) is 16.4. The van der Waals surface area contributed by atoms with E-state index in [0.717, 1.165) is 30.5 Å². The number of nitrogens with zero attached hydrogens (tertiary/aromatic N) is 1. The van der Waals surface area contributed by atoms with E-state index < -0.39 is 0 Å². The number of anilines is 1. The van der Waals surface area contributed by atoms with Crippen LogP contribution < -0.4 is 5.32 Å². The van der Waals surface area contributed by atoms with Gasteiger partial charge in [-0.05, 0) is 31.3 Å². The van der Waals surface area contributed by atoms with E-state index >= 15 is 0 Å². The van der Waals surface area contributed by atoms with E-state index in [1.165, 1.54) is 11.3 Å². The lowest BCUT2D eigenvalue weighted by Crippen LogP contribution is -2.09. The predicted octanol–water partition coefficient (Wildman–Crippen LogP) is 4.66. The molecule has 4 heteroatoms. The van der Waals surface area contributed by atoms with Gasteiger partial charge in [0.1, 0.15) is 0 Å². The van der Waals surface area contributed by atoms with Gasteiger partial charge in [-0.3, -0.25) is 10.1 Å². The van der Waals surface area contributed by atoms with Crippen molar-refractivity contribution in [3.8, 4) is 11.3 Å². The van der Waals surface area contributed by atoms with Crippen LogP contribution in [-0.2, 0) is 4.79 Å². The van der Waals surface area contributed by atoms with Gasteiger partial charge in [0, 0.05) is 10.9 Å². The highest BCUT2D eigenvalue weighted by Crippen LogP contribution is 2.24. The molecular weight excluding hydrogens is 292 g/mol. The molecular formula is C18H18N2OS. The Morgan fingerprint density at radius 1 is 1.27 bits per heavy atom. The maximum Gasteiger partial charge on any atom is 0.249 e. The van der Waals surface area contributed by atoms with E-state index in [0.29, 0.717) is 11.0 Å². The Kier molecular flexibility index (Phi) is 4.81. The van der Waals surface area contributed by atoms with E-state index in [1.807, 2.05) is 41.8 Å². The molecule has 0 aliphatic heterocycles. The van der Waals surface area contributed by atoms with Gasteiger partial charge in [0.05, 0.1) is 5.69 Å². The van der Waals surface area contributed by atoms with Crippen LogP contribution in [0, 0.1) is 5.92 Å². The summed E-state index contributed by atoms with van der Waals surface area (Å²) in [6, 6.07) is 9.96. The van der Waals surface area contributed by atoms with Crippen molar-refractivity contribution in [2.24, 2.45) is 5.92 Å². The Balaban J connectivity index is 1.59. The number of amides is 1. The minimum absolute atomic E-state index is 0.108. The molecule has 1 aliphatic rings. The molecule has 0 spiro atoms. The molecule has 1 aliphatic carbocycles. The van der Waals surface area contributed by atoms with Crippen molar-refractivity contribution in [2.75, 3.05) is 5.32 Å². The van der Waals surface area contributed by atoms with Crippen molar-refractivity contribution in [2.45, 2.75) is 19.3 Å². The first-order valence-electron chi connectivity index (χ1n) is 7.46. The lowest BCUT2D eigenvalue weighted by Gasteiger charge is -2.12. The molecule has 1 aromatic heterocycles. The number of carbonyl (C=O) groups is 1. The summed E-state index contributed by atoms with van der Waals surface area (Å²) in [5, 5.41) is 5.43. The van der Waals surface area contributed by atoms with E-state index in [1.54, 1.807) is 6.08 Å². The molecule has 1 unspecified atom stereocenters. The fraction of sp³-hybridized carbons (Fsp3) is 0.222. The highest BCUT2D eigenvalue weighted by molar-refractivity contribution is 7.14. The highest BCUT2D eigenvalue weighted by Gasteiger charge is 2.08. The van der Waals surface area contributed by atoms with Gasteiger partial charge in [-0.2, -0.15) is 0 Å². The van der Waals surface area contributed by atoms with Crippen LogP contribution in [0.5, 0.6) is 0 Å². The smallest absolute Gasteiger partial charge is 0.249 e.